The Kier molecular flexibility index (Phi) is 15.9. The molecule has 0 aromatic carbocycles. The van der Waals surface area contributed by atoms with Crippen LogP contribution in [0.1, 0.15) is 58.8 Å². The van der Waals surface area contributed by atoms with Gasteiger partial charge >= 0.3 is 19.3 Å². The Balaban J connectivity index is 2.94. The van der Waals surface area contributed by atoms with Crippen LogP contribution in [0, 0.1) is 0 Å². The Labute approximate surface area is 120 Å². The van der Waals surface area contributed by atoms with Gasteiger partial charge in [0.25, 0.3) is 0 Å². The minimum Gasteiger partial charge on any atom is -0.355 e. The van der Waals surface area contributed by atoms with E-state index >= 15 is 0 Å². The van der Waals surface area contributed by atoms with Crippen molar-refractivity contribution in [2.45, 2.75) is 62.8 Å². The third-order valence-corrected chi connectivity index (χ3v) is 5.32. The van der Waals surface area contributed by atoms with Crippen LogP contribution in [0.2, 0.25) is 4.05 Å². The van der Waals surface area contributed by atoms with Gasteiger partial charge < -0.3 is 18.5 Å². The first kappa shape index (κ1) is 18.0. The van der Waals surface area contributed by atoms with Crippen LogP contribution in [0.3, 0.4) is 0 Å². The van der Waals surface area contributed by atoms with Crippen LogP contribution < -0.4 is 0 Å². The molecule has 0 N–H and O–H groups in total. The van der Waals surface area contributed by atoms with E-state index < -0.39 is 0 Å². The van der Waals surface area contributed by atoms with Crippen molar-refractivity contribution < 1.29 is 9.47 Å². The zero-order chi connectivity index (χ0) is 12.8. The predicted molar refractivity (Wildman–Crippen MR) is 75.8 cm³/mol. The van der Waals surface area contributed by atoms with Crippen LogP contribution in [0.25, 0.3) is 0 Å². The van der Waals surface area contributed by atoms with Crippen molar-refractivity contribution in [1.82, 2.24) is 0 Å². The molecule has 0 fully saturated rings. The number of hydrogen-bond acceptors (Lipinski definition) is 2. The van der Waals surface area contributed by atoms with E-state index in [1.54, 1.807) is 0 Å². The molecular formula is C13H27ClMgO2. The average molecular weight is 275 g/mol. The highest BCUT2D eigenvalue weighted by molar-refractivity contribution is 6.94. The molecule has 0 bridgehead atoms. The van der Waals surface area contributed by atoms with Crippen molar-refractivity contribution in [3.8, 4) is 0 Å². The number of hydrogen-bond donors (Lipinski definition) is 0. The lowest BCUT2D eigenvalue weighted by Gasteiger charge is -2.08. The molecule has 0 radical (unpaired) electrons. The van der Waals surface area contributed by atoms with Crippen molar-refractivity contribution in [1.29, 1.82) is 0 Å². The van der Waals surface area contributed by atoms with Gasteiger partial charge in [-0.2, -0.15) is 0 Å². The normalized spacial score (nSPS) is 12.4. The molecular weight excluding hydrogens is 248 g/mol. The topological polar surface area (TPSA) is 18.5 Å². The van der Waals surface area contributed by atoms with Crippen molar-refractivity contribution in [2.24, 2.45) is 0 Å². The first-order valence-corrected chi connectivity index (χ1v) is 9.98. The maximum absolute atomic E-state index is 5.86. The molecule has 1 unspecified atom stereocenters. The van der Waals surface area contributed by atoms with Gasteiger partial charge in [-0.3, -0.25) is 0 Å². The van der Waals surface area contributed by atoms with Crippen LogP contribution in [0.5, 0.6) is 0 Å². The van der Waals surface area contributed by atoms with Crippen molar-refractivity contribution in [3.05, 3.63) is 0 Å². The first-order valence-electron chi connectivity index (χ1n) is 7.02. The molecule has 2 nitrogen and oxygen atoms in total. The fourth-order valence-electron chi connectivity index (χ4n) is 1.60. The minimum atomic E-state index is -0.334. The molecule has 0 spiro atoms. The Morgan fingerprint density at radius 1 is 1.00 bits per heavy atom. The van der Waals surface area contributed by atoms with Crippen LogP contribution in [0.4, 0.5) is 0 Å². The molecule has 100 valence electrons. The fraction of sp³-hybridized carbons (Fsp3) is 1.00. The smallest absolute Gasteiger partial charge is 0.355 e. The van der Waals surface area contributed by atoms with Crippen LogP contribution >= 0.6 is 9.07 Å². The Morgan fingerprint density at radius 3 is 2.29 bits per heavy atom. The largest absolute Gasteiger partial charge is 0.504 e. The SMILES string of the molecule is CCCCCCCOCOCCC[CH](C)[Mg][Cl]. The first-order chi connectivity index (χ1) is 8.31. The second-order valence-corrected chi connectivity index (χ2v) is 7.38. The number of halogens is 1. The minimum absolute atomic E-state index is 0.334. The van der Waals surface area contributed by atoms with Gasteiger partial charge in [0.05, 0.1) is 0 Å². The molecule has 4 heteroatoms. The zero-order valence-corrected chi connectivity index (χ0v) is 13.7. The van der Waals surface area contributed by atoms with Crippen LogP contribution in [-0.2, 0) is 9.47 Å². The van der Waals surface area contributed by atoms with Gasteiger partial charge in [-0.15, -0.1) is 4.05 Å². The van der Waals surface area contributed by atoms with E-state index in [9.17, 15) is 0 Å². The van der Waals surface area contributed by atoms with E-state index in [1.807, 2.05) is 0 Å². The van der Waals surface area contributed by atoms with E-state index in [0.717, 1.165) is 30.1 Å². The van der Waals surface area contributed by atoms with Gasteiger partial charge in [0.2, 0.25) is 0 Å². The molecule has 0 aliphatic rings. The standard InChI is InChI=1S/C13H27O2.ClH.Mg/c1-3-5-7-8-10-12-15-13-14-11-9-6-4-2;;/h4H,3,5-13H2,1-2H3;1H;/q;;+1/p-1. The highest BCUT2D eigenvalue weighted by atomic mass is 35.5. The average Bonchev–Trinajstić information content (AvgIpc) is 2.35. The second kappa shape index (κ2) is 15.0. The summed E-state index contributed by atoms with van der Waals surface area (Å²) in [4.78, 5) is 0. The van der Waals surface area contributed by atoms with Gasteiger partial charge in [-0.25, -0.2) is 0 Å². The summed E-state index contributed by atoms with van der Waals surface area (Å²) in [5, 5.41) is 0. The summed E-state index contributed by atoms with van der Waals surface area (Å²) in [6, 6.07) is 0. The fourth-order valence-corrected chi connectivity index (χ4v) is 2.50. The lowest BCUT2D eigenvalue weighted by molar-refractivity contribution is -0.0555. The molecule has 0 saturated heterocycles. The highest BCUT2D eigenvalue weighted by Gasteiger charge is 2.03. The summed E-state index contributed by atoms with van der Waals surface area (Å²) in [6.45, 7) is 6.57. The van der Waals surface area contributed by atoms with Crippen molar-refractivity contribution in [2.75, 3.05) is 20.0 Å². The maximum Gasteiger partial charge on any atom is 0.504 e. The molecule has 0 amide bonds. The van der Waals surface area contributed by atoms with E-state index in [1.165, 1.54) is 32.1 Å². The lowest BCUT2D eigenvalue weighted by Crippen LogP contribution is -2.04. The molecule has 0 aliphatic carbocycles. The number of unbranched alkanes of at least 4 members (excludes halogenated alkanes) is 4. The summed E-state index contributed by atoms with van der Waals surface area (Å²) < 4.78 is 11.5. The van der Waals surface area contributed by atoms with Crippen LogP contribution in [0.15, 0.2) is 0 Å². The molecule has 0 saturated carbocycles. The number of ether oxygens (including phenoxy) is 2. The van der Waals surface area contributed by atoms with Crippen LogP contribution in [-0.4, -0.2) is 39.3 Å². The van der Waals surface area contributed by atoms with E-state index in [-0.39, 0.29) is 19.3 Å². The quantitative estimate of drug-likeness (QED) is 0.282. The predicted octanol–water partition coefficient (Wildman–Crippen LogP) is 4.39. The molecule has 17 heavy (non-hydrogen) atoms. The second-order valence-electron chi connectivity index (χ2n) is 4.75. The third kappa shape index (κ3) is 14.9. The number of rotatable bonds is 13. The molecule has 1 atom stereocenters. The summed E-state index contributed by atoms with van der Waals surface area (Å²) in [7, 11) is 5.86. The summed E-state index contributed by atoms with van der Waals surface area (Å²) >= 11 is -0.334. The molecule has 0 aliphatic heterocycles. The molecule has 0 rings (SSSR count). The highest BCUT2D eigenvalue weighted by Crippen LogP contribution is 2.11. The molecule has 0 aromatic heterocycles. The zero-order valence-electron chi connectivity index (χ0n) is 11.5. The molecule has 0 aromatic rings. The summed E-state index contributed by atoms with van der Waals surface area (Å²) in [5.41, 5.74) is 0. The monoisotopic (exact) mass is 274 g/mol. The summed E-state index contributed by atoms with van der Waals surface area (Å²) in [5.74, 6) is 0. The van der Waals surface area contributed by atoms with E-state index in [4.69, 9.17) is 18.5 Å². The maximum atomic E-state index is 5.86. The van der Waals surface area contributed by atoms with Gasteiger partial charge in [0.15, 0.2) is 0 Å². The van der Waals surface area contributed by atoms with Crippen molar-refractivity contribution in [3.63, 3.8) is 0 Å². The third-order valence-electron chi connectivity index (χ3n) is 2.81. The van der Waals surface area contributed by atoms with E-state index in [0.29, 0.717) is 6.79 Å². The summed E-state index contributed by atoms with van der Waals surface area (Å²) in [6.07, 6.45) is 8.74. The Hall–Kier alpha value is 0.976. The Morgan fingerprint density at radius 2 is 1.65 bits per heavy atom. The van der Waals surface area contributed by atoms with Gasteiger partial charge in [-0.1, -0.05) is 46.0 Å². The van der Waals surface area contributed by atoms with Crippen molar-refractivity contribution >= 4 is 28.3 Å². The molecule has 0 heterocycles. The van der Waals surface area contributed by atoms with Gasteiger partial charge in [-0.05, 0) is 12.8 Å². The lowest BCUT2D eigenvalue weighted by atomic mass is 10.2. The van der Waals surface area contributed by atoms with E-state index in [2.05, 4.69) is 13.8 Å². The van der Waals surface area contributed by atoms with Gasteiger partial charge in [0, 0.05) is 13.2 Å². The van der Waals surface area contributed by atoms with Gasteiger partial charge in [0.1, 0.15) is 6.79 Å². The Bertz CT molecular complexity index is 147.